The van der Waals surface area contributed by atoms with Crippen LogP contribution in [-0.2, 0) is 19.9 Å². The third-order valence-corrected chi connectivity index (χ3v) is 7.84. The van der Waals surface area contributed by atoms with E-state index in [0.717, 1.165) is 12.8 Å². The van der Waals surface area contributed by atoms with Gasteiger partial charge in [0.1, 0.15) is 0 Å². The zero-order chi connectivity index (χ0) is 12.3. The number of sulfonamides is 1. The van der Waals surface area contributed by atoms with Crippen LogP contribution < -0.4 is 5.32 Å². The standard InChI is InChI=1S/C9H16N2O4S2/c12-16(13)5-8-9(6-16)11(4-3-10-8)17(14,15)7-1-2-7/h7-10H,1-6H2/t8-,9+/m1/s1. The van der Waals surface area contributed by atoms with Crippen LogP contribution in [0.3, 0.4) is 0 Å². The first-order chi connectivity index (χ1) is 7.90. The van der Waals surface area contributed by atoms with E-state index >= 15 is 0 Å². The monoisotopic (exact) mass is 280 g/mol. The van der Waals surface area contributed by atoms with Gasteiger partial charge in [-0.2, -0.15) is 4.31 Å². The van der Waals surface area contributed by atoms with Gasteiger partial charge in [0, 0.05) is 19.1 Å². The Morgan fingerprint density at radius 1 is 1.18 bits per heavy atom. The first kappa shape index (κ1) is 11.9. The Bertz CT molecular complexity index is 523. The third kappa shape index (κ3) is 2.00. The molecule has 1 N–H and O–H groups in total. The molecule has 3 rings (SSSR count). The molecular weight excluding hydrogens is 264 g/mol. The highest BCUT2D eigenvalue weighted by molar-refractivity contribution is 7.92. The Kier molecular flexibility index (Phi) is 2.56. The summed E-state index contributed by atoms with van der Waals surface area (Å²) in [6.07, 6.45) is 1.44. The number of hydrogen-bond acceptors (Lipinski definition) is 5. The molecule has 0 unspecified atom stereocenters. The number of nitrogens with one attached hydrogen (secondary N) is 1. The van der Waals surface area contributed by atoms with Crippen molar-refractivity contribution in [3.05, 3.63) is 0 Å². The molecule has 2 atom stereocenters. The summed E-state index contributed by atoms with van der Waals surface area (Å²) in [6.45, 7) is 0.943. The quantitative estimate of drug-likeness (QED) is 0.669. The third-order valence-electron chi connectivity index (χ3n) is 3.70. The zero-order valence-electron chi connectivity index (χ0n) is 9.37. The van der Waals surface area contributed by atoms with Gasteiger partial charge >= 0.3 is 0 Å². The highest BCUT2D eigenvalue weighted by Crippen LogP contribution is 2.34. The fourth-order valence-corrected chi connectivity index (χ4v) is 6.82. The minimum atomic E-state index is -3.26. The van der Waals surface area contributed by atoms with E-state index in [1.54, 1.807) is 0 Å². The van der Waals surface area contributed by atoms with Crippen LogP contribution in [0.4, 0.5) is 0 Å². The molecule has 2 saturated heterocycles. The Balaban J connectivity index is 1.90. The molecule has 0 aromatic heterocycles. The molecule has 0 bridgehead atoms. The van der Waals surface area contributed by atoms with Crippen LogP contribution in [0.5, 0.6) is 0 Å². The fraction of sp³-hybridized carbons (Fsp3) is 1.00. The lowest BCUT2D eigenvalue weighted by Gasteiger charge is -2.36. The van der Waals surface area contributed by atoms with Gasteiger partial charge in [0.15, 0.2) is 9.84 Å². The summed E-state index contributed by atoms with van der Waals surface area (Å²) in [5, 5.41) is 2.85. The molecule has 6 nitrogen and oxygen atoms in total. The van der Waals surface area contributed by atoms with Crippen molar-refractivity contribution in [2.75, 3.05) is 24.6 Å². The smallest absolute Gasteiger partial charge is 0.217 e. The van der Waals surface area contributed by atoms with Gasteiger partial charge in [-0.3, -0.25) is 0 Å². The maximum atomic E-state index is 12.2. The molecule has 0 amide bonds. The molecule has 1 saturated carbocycles. The Labute approximate surface area is 101 Å². The largest absolute Gasteiger partial charge is 0.310 e. The SMILES string of the molecule is O=S1(=O)C[C@H]2NCCN(S(=O)(=O)C3CC3)[C@H]2C1. The average Bonchev–Trinajstić information content (AvgIpc) is 2.99. The van der Waals surface area contributed by atoms with Crippen LogP contribution in [0.1, 0.15) is 12.8 Å². The molecule has 8 heteroatoms. The molecule has 2 aliphatic heterocycles. The lowest BCUT2D eigenvalue weighted by molar-refractivity contribution is 0.246. The fourth-order valence-electron chi connectivity index (χ4n) is 2.71. The summed E-state index contributed by atoms with van der Waals surface area (Å²) in [4.78, 5) is 0. The predicted molar refractivity (Wildman–Crippen MR) is 62.9 cm³/mol. The predicted octanol–water partition coefficient (Wildman–Crippen LogP) is -1.45. The second kappa shape index (κ2) is 3.66. The van der Waals surface area contributed by atoms with Crippen molar-refractivity contribution < 1.29 is 16.8 Å². The van der Waals surface area contributed by atoms with Crippen molar-refractivity contribution in [3.63, 3.8) is 0 Å². The molecule has 17 heavy (non-hydrogen) atoms. The lowest BCUT2D eigenvalue weighted by Crippen LogP contribution is -2.59. The van der Waals surface area contributed by atoms with E-state index in [1.807, 2.05) is 0 Å². The highest BCUT2D eigenvalue weighted by atomic mass is 32.2. The van der Waals surface area contributed by atoms with Gasteiger partial charge in [0.05, 0.1) is 22.8 Å². The molecule has 98 valence electrons. The normalized spacial score (nSPS) is 37.9. The Hall–Kier alpha value is -0.180. The van der Waals surface area contributed by atoms with E-state index in [-0.39, 0.29) is 28.8 Å². The van der Waals surface area contributed by atoms with Gasteiger partial charge in [0.2, 0.25) is 10.0 Å². The number of sulfone groups is 1. The summed E-state index contributed by atoms with van der Waals surface area (Å²) in [5.41, 5.74) is 0. The maximum absolute atomic E-state index is 12.2. The second-order valence-electron chi connectivity index (χ2n) is 5.06. The van der Waals surface area contributed by atoms with Crippen molar-refractivity contribution in [1.82, 2.24) is 9.62 Å². The van der Waals surface area contributed by atoms with Crippen molar-refractivity contribution in [2.45, 2.75) is 30.2 Å². The van der Waals surface area contributed by atoms with Crippen LogP contribution in [0.15, 0.2) is 0 Å². The minimum Gasteiger partial charge on any atom is -0.310 e. The topological polar surface area (TPSA) is 83.6 Å². The Morgan fingerprint density at radius 3 is 2.53 bits per heavy atom. The van der Waals surface area contributed by atoms with Gasteiger partial charge in [-0.15, -0.1) is 0 Å². The van der Waals surface area contributed by atoms with Crippen LogP contribution in [-0.4, -0.2) is 63.1 Å². The minimum absolute atomic E-state index is 0.0311. The van der Waals surface area contributed by atoms with Crippen molar-refractivity contribution in [3.8, 4) is 0 Å². The first-order valence-electron chi connectivity index (χ1n) is 5.85. The summed E-state index contributed by atoms with van der Waals surface area (Å²) in [6, 6.07) is -0.610. The van der Waals surface area contributed by atoms with Crippen molar-refractivity contribution >= 4 is 19.9 Å². The summed E-state index contributed by atoms with van der Waals surface area (Å²) in [7, 11) is -6.36. The molecule has 3 fully saturated rings. The molecule has 0 aromatic rings. The van der Waals surface area contributed by atoms with Crippen LogP contribution >= 0.6 is 0 Å². The zero-order valence-corrected chi connectivity index (χ0v) is 11.0. The molecule has 1 aliphatic carbocycles. The van der Waals surface area contributed by atoms with E-state index in [4.69, 9.17) is 0 Å². The molecule has 0 spiro atoms. The number of hydrogen-bond donors (Lipinski definition) is 1. The van der Waals surface area contributed by atoms with Crippen molar-refractivity contribution in [1.29, 1.82) is 0 Å². The van der Waals surface area contributed by atoms with Crippen LogP contribution in [0, 0.1) is 0 Å². The summed E-state index contributed by atoms with van der Waals surface area (Å²) < 4.78 is 49.0. The number of piperazine rings is 1. The van der Waals surface area contributed by atoms with Crippen LogP contribution in [0.2, 0.25) is 0 Å². The lowest BCUT2D eigenvalue weighted by atomic mass is 10.1. The summed E-state index contributed by atoms with van der Waals surface area (Å²) in [5.74, 6) is 0.0327. The van der Waals surface area contributed by atoms with Gasteiger partial charge < -0.3 is 5.32 Å². The van der Waals surface area contributed by atoms with Gasteiger partial charge in [0.25, 0.3) is 0 Å². The number of rotatable bonds is 2. The molecule has 3 aliphatic rings. The number of fused-ring (bicyclic) bond motifs is 1. The maximum Gasteiger partial charge on any atom is 0.217 e. The Morgan fingerprint density at radius 2 is 1.88 bits per heavy atom. The van der Waals surface area contributed by atoms with E-state index in [1.165, 1.54) is 4.31 Å². The molecule has 0 radical (unpaired) electrons. The van der Waals surface area contributed by atoms with E-state index in [2.05, 4.69) is 5.32 Å². The number of nitrogens with zero attached hydrogens (tertiary/aromatic N) is 1. The molecule has 0 aromatic carbocycles. The molecular formula is C9H16N2O4S2. The van der Waals surface area contributed by atoms with E-state index < -0.39 is 19.9 Å². The second-order valence-corrected chi connectivity index (χ2v) is 9.38. The van der Waals surface area contributed by atoms with E-state index in [9.17, 15) is 16.8 Å². The average molecular weight is 280 g/mol. The van der Waals surface area contributed by atoms with Gasteiger partial charge in [-0.25, -0.2) is 16.8 Å². The molecule has 2 heterocycles. The van der Waals surface area contributed by atoms with E-state index in [0.29, 0.717) is 13.1 Å². The van der Waals surface area contributed by atoms with Crippen molar-refractivity contribution in [2.24, 2.45) is 0 Å². The van der Waals surface area contributed by atoms with Gasteiger partial charge in [-0.1, -0.05) is 0 Å². The first-order valence-corrected chi connectivity index (χ1v) is 9.17. The summed E-state index contributed by atoms with van der Waals surface area (Å²) >= 11 is 0. The highest BCUT2D eigenvalue weighted by Gasteiger charge is 2.50. The van der Waals surface area contributed by atoms with Gasteiger partial charge in [-0.05, 0) is 12.8 Å². The van der Waals surface area contributed by atoms with Crippen LogP contribution in [0.25, 0.3) is 0 Å².